The third-order valence-electron chi connectivity index (χ3n) is 3.45. The second-order valence-electron chi connectivity index (χ2n) is 5.16. The van der Waals surface area contributed by atoms with Gasteiger partial charge in [-0.05, 0) is 32.4 Å². The van der Waals surface area contributed by atoms with Crippen LogP contribution in [0.1, 0.15) is 32.3 Å². The Labute approximate surface area is 115 Å². The average Bonchev–Trinajstić information content (AvgIpc) is 2.41. The molecule has 0 aromatic heterocycles. The number of allylic oxidation sites excluding steroid dienone is 1. The quantitative estimate of drug-likeness (QED) is 0.899. The highest BCUT2D eigenvalue weighted by Gasteiger charge is 2.23. The number of hydrogen-bond acceptors (Lipinski definition) is 3. The van der Waals surface area contributed by atoms with E-state index in [1.807, 2.05) is 37.4 Å². The molecule has 1 aliphatic rings. The first-order chi connectivity index (χ1) is 9.10. The maximum atomic E-state index is 5.95. The van der Waals surface area contributed by atoms with Gasteiger partial charge in [-0.2, -0.15) is 0 Å². The topological polar surface area (TPSA) is 47.6 Å². The molecule has 2 unspecified atom stereocenters. The number of aryl methyl sites for hydroxylation is 1. The molecule has 0 saturated heterocycles. The molecule has 1 aromatic rings. The Kier molecular flexibility index (Phi) is 4.38. The zero-order valence-electron chi connectivity index (χ0n) is 11.9. The molecule has 0 spiro atoms. The molecule has 2 atom stereocenters. The van der Waals surface area contributed by atoms with Gasteiger partial charge < -0.3 is 10.5 Å². The molecular formula is C16H22N2O. The van der Waals surface area contributed by atoms with E-state index in [0.717, 1.165) is 30.1 Å². The third kappa shape index (κ3) is 3.44. The molecule has 1 aliphatic heterocycles. The van der Waals surface area contributed by atoms with Crippen LogP contribution in [0.2, 0.25) is 0 Å². The molecule has 0 amide bonds. The molecule has 0 fully saturated rings. The molecule has 1 aromatic carbocycles. The van der Waals surface area contributed by atoms with Gasteiger partial charge in [0.25, 0.3) is 0 Å². The van der Waals surface area contributed by atoms with Crippen LogP contribution in [0.3, 0.4) is 0 Å². The van der Waals surface area contributed by atoms with Gasteiger partial charge in [0.15, 0.2) is 0 Å². The summed E-state index contributed by atoms with van der Waals surface area (Å²) in [6.07, 6.45) is 3.73. The molecule has 0 radical (unpaired) electrons. The summed E-state index contributed by atoms with van der Waals surface area (Å²) in [5.74, 6) is 2.18. The molecule has 0 bridgehead atoms. The molecule has 0 aliphatic carbocycles. The highest BCUT2D eigenvalue weighted by atomic mass is 16.5. The van der Waals surface area contributed by atoms with Crippen LogP contribution in [0, 0.1) is 12.8 Å². The minimum atomic E-state index is 0.0159. The van der Waals surface area contributed by atoms with E-state index in [2.05, 4.69) is 18.8 Å². The Morgan fingerprint density at radius 2 is 2.05 bits per heavy atom. The van der Waals surface area contributed by atoms with E-state index in [-0.39, 0.29) is 6.04 Å². The summed E-state index contributed by atoms with van der Waals surface area (Å²) in [5.41, 5.74) is 8.26. The summed E-state index contributed by atoms with van der Waals surface area (Å²) in [7, 11) is 0. The van der Waals surface area contributed by atoms with Gasteiger partial charge in [0, 0.05) is 24.1 Å². The highest BCUT2D eigenvalue weighted by molar-refractivity contribution is 5.92. The first kappa shape index (κ1) is 13.8. The fraction of sp³-hybridized carbons (Fsp3) is 0.438. The van der Waals surface area contributed by atoms with Gasteiger partial charge in [-0.3, -0.25) is 4.99 Å². The standard InChI is InChI=1S/C16H22N2O/c1-4-13-9-15(10-18-16(13)12(3)17)19-14-7-5-11(2)6-8-14/h5-8,10,12-13H,4,9,17H2,1-3H3. The fourth-order valence-electron chi connectivity index (χ4n) is 2.32. The van der Waals surface area contributed by atoms with Crippen LogP contribution in [0.4, 0.5) is 0 Å². The number of aliphatic imine (C=N–C) groups is 1. The van der Waals surface area contributed by atoms with Gasteiger partial charge in [-0.15, -0.1) is 0 Å². The van der Waals surface area contributed by atoms with Crippen LogP contribution in [0.25, 0.3) is 0 Å². The summed E-state index contributed by atoms with van der Waals surface area (Å²) >= 11 is 0. The Hall–Kier alpha value is -1.61. The van der Waals surface area contributed by atoms with Crippen LogP contribution in [-0.2, 0) is 0 Å². The zero-order chi connectivity index (χ0) is 13.8. The summed E-state index contributed by atoms with van der Waals surface area (Å²) in [5, 5.41) is 0. The van der Waals surface area contributed by atoms with Crippen LogP contribution < -0.4 is 10.5 Å². The van der Waals surface area contributed by atoms with Crippen molar-refractivity contribution in [1.29, 1.82) is 0 Å². The number of rotatable bonds is 4. The largest absolute Gasteiger partial charge is 0.460 e. The minimum absolute atomic E-state index is 0.0159. The molecule has 19 heavy (non-hydrogen) atoms. The van der Waals surface area contributed by atoms with E-state index < -0.39 is 0 Å². The Morgan fingerprint density at radius 3 is 2.63 bits per heavy atom. The molecule has 2 N–H and O–H groups in total. The van der Waals surface area contributed by atoms with Crippen LogP contribution in [0.15, 0.2) is 41.2 Å². The van der Waals surface area contributed by atoms with E-state index in [1.165, 1.54) is 5.56 Å². The van der Waals surface area contributed by atoms with E-state index in [4.69, 9.17) is 10.5 Å². The minimum Gasteiger partial charge on any atom is -0.460 e. The molecule has 102 valence electrons. The third-order valence-corrected chi connectivity index (χ3v) is 3.45. The fourth-order valence-corrected chi connectivity index (χ4v) is 2.32. The van der Waals surface area contributed by atoms with Crippen LogP contribution in [-0.4, -0.2) is 11.8 Å². The molecule has 3 nitrogen and oxygen atoms in total. The highest BCUT2D eigenvalue weighted by Crippen LogP contribution is 2.26. The lowest BCUT2D eigenvalue weighted by molar-refractivity contribution is 0.377. The average molecular weight is 258 g/mol. The number of nitrogens with zero attached hydrogens (tertiary/aromatic N) is 1. The Bertz CT molecular complexity index is 486. The predicted octanol–water partition coefficient (Wildman–Crippen LogP) is 3.43. The molecular weight excluding hydrogens is 236 g/mol. The Morgan fingerprint density at radius 1 is 1.37 bits per heavy atom. The van der Waals surface area contributed by atoms with Gasteiger partial charge in [-0.1, -0.05) is 24.6 Å². The van der Waals surface area contributed by atoms with Crippen LogP contribution >= 0.6 is 0 Å². The van der Waals surface area contributed by atoms with Crippen molar-refractivity contribution in [2.24, 2.45) is 16.6 Å². The number of benzene rings is 1. The summed E-state index contributed by atoms with van der Waals surface area (Å²) in [6.45, 7) is 6.22. The normalized spacial score (nSPS) is 20.5. The second-order valence-corrected chi connectivity index (χ2v) is 5.16. The lowest BCUT2D eigenvalue weighted by Crippen LogP contribution is -2.34. The van der Waals surface area contributed by atoms with Crippen molar-refractivity contribution in [1.82, 2.24) is 0 Å². The van der Waals surface area contributed by atoms with Gasteiger partial charge in [0.2, 0.25) is 0 Å². The van der Waals surface area contributed by atoms with Gasteiger partial charge in [-0.25, -0.2) is 0 Å². The zero-order valence-corrected chi connectivity index (χ0v) is 11.9. The van der Waals surface area contributed by atoms with Crippen molar-refractivity contribution >= 4 is 5.71 Å². The van der Waals surface area contributed by atoms with Crippen molar-refractivity contribution in [2.45, 2.75) is 39.7 Å². The first-order valence-corrected chi connectivity index (χ1v) is 6.87. The SMILES string of the molecule is CCC1CC(Oc2ccc(C)cc2)=CN=C1C(C)N. The lowest BCUT2D eigenvalue weighted by atomic mass is 9.90. The first-order valence-electron chi connectivity index (χ1n) is 6.87. The maximum Gasteiger partial charge on any atom is 0.127 e. The maximum absolute atomic E-state index is 5.95. The van der Waals surface area contributed by atoms with Gasteiger partial charge in [0.05, 0.1) is 6.20 Å². The van der Waals surface area contributed by atoms with Gasteiger partial charge in [0.1, 0.15) is 11.5 Å². The second kappa shape index (κ2) is 6.02. The lowest BCUT2D eigenvalue weighted by Gasteiger charge is -2.24. The van der Waals surface area contributed by atoms with E-state index in [9.17, 15) is 0 Å². The molecule has 0 saturated carbocycles. The molecule has 2 rings (SSSR count). The predicted molar refractivity (Wildman–Crippen MR) is 79.4 cm³/mol. The summed E-state index contributed by atoms with van der Waals surface area (Å²) < 4.78 is 5.88. The van der Waals surface area contributed by atoms with E-state index in [0.29, 0.717) is 5.92 Å². The molecule has 3 heteroatoms. The number of hydrogen-bond donors (Lipinski definition) is 1. The van der Waals surface area contributed by atoms with Crippen LogP contribution in [0.5, 0.6) is 5.75 Å². The molecule has 1 heterocycles. The number of ether oxygens (including phenoxy) is 1. The van der Waals surface area contributed by atoms with Crippen molar-refractivity contribution in [3.05, 3.63) is 41.8 Å². The monoisotopic (exact) mass is 258 g/mol. The van der Waals surface area contributed by atoms with Gasteiger partial charge >= 0.3 is 0 Å². The summed E-state index contributed by atoms with van der Waals surface area (Å²) in [6, 6.07) is 8.09. The van der Waals surface area contributed by atoms with Crippen molar-refractivity contribution < 1.29 is 4.74 Å². The summed E-state index contributed by atoms with van der Waals surface area (Å²) in [4.78, 5) is 4.48. The van der Waals surface area contributed by atoms with Crippen molar-refractivity contribution in [3.8, 4) is 5.75 Å². The van der Waals surface area contributed by atoms with Crippen molar-refractivity contribution in [3.63, 3.8) is 0 Å². The van der Waals surface area contributed by atoms with E-state index >= 15 is 0 Å². The Balaban J connectivity index is 2.12. The smallest absolute Gasteiger partial charge is 0.127 e. The number of nitrogens with two attached hydrogens (primary N) is 1. The van der Waals surface area contributed by atoms with E-state index in [1.54, 1.807) is 0 Å². The van der Waals surface area contributed by atoms with Crippen molar-refractivity contribution in [2.75, 3.05) is 0 Å².